The molecule has 0 aliphatic heterocycles. The molecule has 1 unspecified atom stereocenters. The fourth-order valence-corrected chi connectivity index (χ4v) is 2.55. The van der Waals surface area contributed by atoms with E-state index in [0.717, 1.165) is 25.4 Å². The normalized spacial score (nSPS) is 14.0. The van der Waals surface area contributed by atoms with E-state index in [4.69, 9.17) is 0 Å². The third-order valence-corrected chi connectivity index (χ3v) is 4.30. The van der Waals surface area contributed by atoms with E-state index in [-0.39, 0.29) is 0 Å². The molecule has 1 atom stereocenters. The molecule has 120 valence electrons. The number of nitrogens with one attached hydrogen (secondary N) is 1. The summed E-state index contributed by atoms with van der Waals surface area (Å²) in [5.41, 5.74) is 3.23. The Labute approximate surface area is 132 Å². The third kappa shape index (κ3) is 6.65. The van der Waals surface area contributed by atoms with Crippen molar-refractivity contribution in [3.05, 3.63) is 35.4 Å². The van der Waals surface area contributed by atoms with Crippen LogP contribution in [-0.4, -0.2) is 13.1 Å². The summed E-state index contributed by atoms with van der Waals surface area (Å²) in [5.74, 6) is 2.00. The first-order valence-corrected chi connectivity index (χ1v) is 8.49. The average Bonchev–Trinajstić information content (AvgIpc) is 2.36. The van der Waals surface area contributed by atoms with E-state index >= 15 is 0 Å². The molecule has 0 amide bonds. The molecule has 1 rings (SSSR count). The van der Waals surface area contributed by atoms with E-state index in [0.29, 0.717) is 17.3 Å². The van der Waals surface area contributed by atoms with Crippen LogP contribution in [0, 0.1) is 17.3 Å². The van der Waals surface area contributed by atoms with Gasteiger partial charge in [-0.25, -0.2) is 0 Å². The van der Waals surface area contributed by atoms with Crippen molar-refractivity contribution in [2.24, 2.45) is 17.3 Å². The zero-order valence-electron chi connectivity index (χ0n) is 15.2. The monoisotopic (exact) mass is 289 g/mol. The Morgan fingerprint density at radius 1 is 0.905 bits per heavy atom. The fraction of sp³-hybridized carbons (Fsp3) is 0.700. The van der Waals surface area contributed by atoms with Crippen molar-refractivity contribution in [1.29, 1.82) is 0 Å². The summed E-state index contributed by atoms with van der Waals surface area (Å²) in [6.45, 7) is 18.3. The van der Waals surface area contributed by atoms with Crippen LogP contribution in [-0.2, 0) is 6.42 Å². The molecule has 0 heterocycles. The second-order valence-electron chi connectivity index (χ2n) is 8.22. The number of rotatable bonds is 7. The first-order chi connectivity index (χ1) is 9.70. The van der Waals surface area contributed by atoms with Gasteiger partial charge < -0.3 is 5.32 Å². The van der Waals surface area contributed by atoms with Crippen LogP contribution in [0.4, 0.5) is 0 Å². The van der Waals surface area contributed by atoms with Crippen LogP contribution in [0.3, 0.4) is 0 Å². The Kier molecular flexibility index (Phi) is 6.93. The maximum atomic E-state index is 3.64. The Morgan fingerprint density at radius 3 is 1.90 bits per heavy atom. The lowest BCUT2D eigenvalue weighted by atomic mass is 9.77. The molecule has 1 aromatic carbocycles. The Bertz CT molecular complexity index is 395. The maximum absolute atomic E-state index is 3.64. The van der Waals surface area contributed by atoms with E-state index in [9.17, 15) is 0 Å². The summed E-state index contributed by atoms with van der Waals surface area (Å²) in [4.78, 5) is 0. The molecule has 0 bridgehead atoms. The number of hydrogen-bond acceptors (Lipinski definition) is 1. The molecule has 0 aliphatic rings. The largest absolute Gasteiger partial charge is 0.316 e. The van der Waals surface area contributed by atoms with Gasteiger partial charge in [-0.3, -0.25) is 0 Å². The predicted octanol–water partition coefficient (Wildman–Crippen LogP) is 5.26. The van der Waals surface area contributed by atoms with Gasteiger partial charge in [-0.2, -0.15) is 0 Å². The van der Waals surface area contributed by atoms with Crippen molar-refractivity contribution in [2.45, 2.75) is 60.8 Å². The smallest absolute Gasteiger partial charge is 0.00122 e. The molecule has 1 nitrogen and oxygen atoms in total. The molecule has 0 radical (unpaired) electrons. The summed E-state index contributed by atoms with van der Waals surface area (Å²) in [6.07, 6.45) is 1.16. The quantitative estimate of drug-likeness (QED) is 0.722. The van der Waals surface area contributed by atoms with Crippen LogP contribution >= 0.6 is 0 Å². The van der Waals surface area contributed by atoms with Gasteiger partial charge in [0, 0.05) is 0 Å². The van der Waals surface area contributed by atoms with Crippen molar-refractivity contribution in [2.75, 3.05) is 13.1 Å². The minimum atomic E-state index is 0.334. The van der Waals surface area contributed by atoms with Crippen LogP contribution in [0.2, 0.25) is 0 Å². The average molecular weight is 290 g/mol. The minimum Gasteiger partial charge on any atom is -0.316 e. The number of benzene rings is 1. The van der Waals surface area contributed by atoms with Crippen LogP contribution < -0.4 is 5.32 Å². The van der Waals surface area contributed by atoms with Gasteiger partial charge >= 0.3 is 0 Å². The summed E-state index contributed by atoms with van der Waals surface area (Å²) in [7, 11) is 0. The lowest BCUT2D eigenvalue weighted by Gasteiger charge is -2.31. The lowest BCUT2D eigenvalue weighted by molar-refractivity contribution is 0.228. The Morgan fingerprint density at radius 2 is 1.48 bits per heavy atom. The molecule has 0 saturated heterocycles. The molecule has 0 aliphatic carbocycles. The summed E-state index contributed by atoms with van der Waals surface area (Å²) in [5, 5.41) is 3.64. The summed E-state index contributed by atoms with van der Waals surface area (Å²) < 4.78 is 0. The van der Waals surface area contributed by atoms with Gasteiger partial charge in [-0.15, -0.1) is 0 Å². The topological polar surface area (TPSA) is 12.0 Å². The minimum absolute atomic E-state index is 0.334. The van der Waals surface area contributed by atoms with Crippen molar-refractivity contribution >= 4 is 0 Å². The third-order valence-electron chi connectivity index (χ3n) is 4.30. The Balaban J connectivity index is 2.67. The van der Waals surface area contributed by atoms with Gasteiger partial charge in [0.2, 0.25) is 0 Å². The second kappa shape index (κ2) is 7.98. The fourth-order valence-electron chi connectivity index (χ4n) is 2.55. The first kappa shape index (κ1) is 18.2. The van der Waals surface area contributed by atoms with Gasteiger partial charge in [0.25, 0.3) is 0 Å². The molecular formula is C20H35N. The van der Waals surface area contributed by atoms with Crippen molar-refractivity contribution < 1.29 is 0 Å². The summed E-state index contributed by atoms with van der Waals surface area (Å²) >= 11 is 0. The van der Waals surface area contributed by atoms with Crippen LogP contribution in [0.25, 0.3) is 0 Å². The zero-order valence-corrected chi connectivity index (χ0v) is 15.2. The molecule has 0 fully saturated rings. The molecule has 1 aromatic rings. The van der Waals surface area contributed by atoms with Gasteiger partial charge in [0.1, 0.15) is 0 Å². The molecule has 0 spiro atoms. The van der Waals surface area contributed by atoms with Gasteiger partial charge in [0.15, 0.2) is 0 Å². The van der Waals surface area contributed by atoms with Gasteiger partial charge in [0.05, 0.1) is 0 Å². The van der Waals surface area contributed by atoms with E-state index in [1.807, 2.05) is 0 Å². The van der Waals surface area contributed by atoms with E-state index in [1.165, 1.54) is 11.1 Å². The van der Waals surface area contributed by atoms with Gasteiger partial charge in [-0.1, -0.05) is 72.7 Å². The van der Waals surface area contributed by atoms with Crippen LogP contribution in [0.15, 0.2) is 24.3 Å². The molecule has 0 saturated carbocycles. The lowest BCUT2D eigenvalue weighted by Crippen LogP contribution is -2.35. The highest BCUT2D eigenvalue weighted by atomic mass is 14.9. The number of hydrogen-bond donors (Lipinski definition) is 1. The summed E-state index contributed by atoms with van der Waals surface area (Å²) in [6, 6.07) is 9.22. The van der Waals surface area contributed by atoms with Crippen LogP contribution in [0.5, 0.6) is 0 Å². The van der Waals surface area contributed by atoms with Crippen molar-refractivity contribution in [3.63, 3.8) is 0 Å². The maximum Gasteiger partial charge on any atom is -0.00122 e. The molecule has 1 N–H and O–H groups in total. The highest BCUT2D eigenvalue weighted by molar-refractivity contribution is 5.25. The molecule has 1 heteroatoms. The molecular weight excluding hydrogens is 254 g/mol. The van der Waals surface area contributed by atoms with E-state index < -0.39 is 0 Å². The van der Waals surface area contributed by atoms with Crippen LogP contribution in [0.1, 0.15) is 65.5 Å². The SMILES string of the molecule is CC(C)CNCC(Cc1ccc(C(C)C)cc1)C(C)(C)C. The first-order valence-electron chi connectivity index (χ1n) is 8.49. The zero-order chi connectivity index (χ0) is 16.0. The van der Waals surface area contributed by atoms with Crippen molar-refractivity contribution in [1.82, 2.24) is 5.32 Å². The Hall–Kier alpha value is -0.820. The van der Waals surface area contributed by atoms with Gasteiger partial charge in [-0.05, 0) is 53.8 Å². The highest BCUT2D eigenvalue weighted by Gasteiger charge is 2.24. The molecule has 21 heavy (non-hydrogen) atoms. The highest BCUT2D eigenvalue weighted by Crippen LogP contribution is 2.29. The predicted molar refractivity (Wildman–Crippen MR) is 94.9 cm³/mol. The van der Waals surface area contributed by atoms with E-state index in [1.54, 1.807) is 0 Å². The second-order valence-corrected chi connectivity index (χ2v) is 8.22. The van der Waals surface area contributed by atoms with E-state index in [2.05, 4.69) is 78.0 Å². The standard InChI is InChI=1S/C20H35N/c1-15(2)13-21-14-19(20(5,6)7)12-17-8-10-18(11-9-17)16(3)4/h8-11,15-16,19,21H,12-14H2,1-7H3. The van der Waals surface area contributed by atoms with Crippen molar-refractivity contribution in [3.8, 4) is 0 Å². The molecule has 0 aromatic heterocycles.